The van der Waals surface area contributed by atoms with E-state index in [-0.39, 0.29) is 12.1 Å². The zero-order valence-electron chi connectivity index (χ0n) is 13.5. The van der Waals surface area contributed by atoms with E-state index in [1.807, 2.05) is 20.8 Å². The number of ether oxygens (including phenoxy) is 1. The molecule has 0 bridgehead atoms. The van der Waals surface area contributed by atoms with Crippen LogP contribution >= 0.6 is 27.5 Å². The Morgan fingerprint density at radius 1 is 1.48 bits per heavy atom. The highest BCUT2D eigenvalue weighted by molar-refractivity contribution is 9.10. The number of nitrogens with one attached hydrogen (secondary N) is 1. The number of piperidine rings is 1. The topological polar surface area (TPSA) is 41.6 Å². The number of rotatable bonds is 2. The molecule has 1 aromatic carbocycles. The van der Waals surface area contributed by atoms with Gasteiger partial charge in [-0.2, -0.15) is 0 Å². The summed E-state index contributed by atoms with van der Waals surface area (Å²) in [6.07, 6.45) is 1.46. The van der Waals surface area contributed by atoms with Crippen LogP contribution in [0.1, 0.15) is 33.6 Å². The number of hydrogen-bond acceptors (Lipinski definition) is 3. The summed E-state index contributed by atoms with van der Waals surface area (Å²) >= 11 is 9.42. The number of anilines is 1. The largest absolute Gasteiger partial charge is 0.444 e. The van der Waals surface area contributed by atoms with E-state index in [1.165, 1.54) is 12.1 Å². The van der Waals surface area contributed by atoms with E-state index in [2.05, 4.69) is 21.2 Å². The monoisotopic (exact) mass is 406 g/mol. The molecule has 1 saturated heterocycles. The third-order valence-electron chi connectivity index (χ3n) is 3.43. The lowest BCUT2D eigenvalue weighted by molar-refractivity contribution is 0.0206. The first-order chi connectivity index (χ1) is 10.7. The fraction of sp³-hybridized carbons (Fsp3) is 0.562. The molecule has 128 valence electrons. The molecule has 0 aromatic heterocycles. The second-order valence-electron chi connectivity index (χ2n) is 6.65. The quantitative estimate of drug-likeness (QED) is 0.745. The van der Waals surface area contributed by atoms with Crippen LogP contribution in [0.25, 0.3) is 0 Å². The first kappa shape index (κ1) is 18.3. The van der Waals surface area contributed by atoms with Gasteiger partial charge < -0.3 is 15.0 Å². The van der Waals surface area contributed by atoms with E-state index in [0.717, 1.165) is 12.8 Å². The Balaban J connectivity index is 2.03. The Hall–Kier alpha value is -1.01. The van der Waals surface area contributed by atoms with Crippen LogP contribution < -0.4 is 5.32 Å². The van der Waals surface area contributed by atoms with Gasteiger partial charge in [-0.05, 0) is 61.7 Å². The van der Waals surface area contributed by atoms with Crippen LogP contribution in [0.5, 0.6) is 0 Å². The summed E-state index contributed by atoms with van der Waals surface area (Å²) in [4.78, 5) is 13.9. The highest BCUT2D eigenvalue weighted by atomic mass is 79.9. The summed E-state index contributed by atoms with van der Waals surface area (Å²) in [5.41, 5.74) is 0.130. The molecule has 1 N–H and O–H groups in total. The summed E-state index contributed by atoms with van der Waals surface area (Å²) in [5.74, 6) is -0.397. The molecule has 1 aromatic rings. The minimum absolute atomic E-state index is 0.0375. The molecule has 23 heavy (non-hydrogen) atoms. The van der Waals surface area contributed by atoms with Crippen LogP contribution in [-0.4, -0.2) is 35.7 Å². The predicted octanol–water partition coefficient (Wildman–Crippen LogP) is 5.05. The highest BCUT2D eigenvalue weighted by Gasteiger charge is 2.28. The second-order valence-corrected chi connectivity index (χ2v) is 7.92. The maximum Gasteiger partial charge on any atom is 0.410 e. The van der Waals surface area contributed by atoms with Gasteiger partial charge in [0.2, 0.25) is 0 Å². The highest BCUT2D eigenvalue weighted by Crippen LogP contribution is 2.33. The minimum atomic E-state index is -0.513. The second kappa shape index (κ2) is 7.26. The van der Waals surface area contributed by atoms with Crippen LogP contribution in [0.3, 0.4) is 0 Å². The summed E-state index contributed by atoms with van der Waals surface area (Å²) in [5, 5.41) is 3.61. The Labute approximate surface area is 149 Å². The summed E-state index contributed by atoms with van der Waals surface area (Å²) in [6, 6.07) is 2.67. The average Bonchev–Trinajstić information content (AvgIpc) is 2.41. The van der Waals surface area contributed by atoms with Crippen molar-refractivity contribution in [2.75, 3.05) is 18.4 Å². The molecule has 1 amide bonds. The fourth-order valence-corrected chi connectivity index (χ4v) is 3.39. The molecule has 0 radical (unpaired) electrons. The molecule has 1 heterocycles. The minimum Gasteiger partial charge on any atom is -0.444 e. The van der Waals surface area contributed by atoms with Crippen molar-refractivity contribution in [1.29, 1.82) is 0 Å². The zero-order valence-corrected chi connectivity index (χ0v) is 15.8. The van der Waals surface area contributed by atoms with Crippen molar-refractivity contribution in [3.8, 4) is 0 Å². The summed E-state index contributed by atoms with van der Waals surface area (Å²) < 4.78 is 19.3. The SMILES string of the molecule is CC(C)(C)OC(=O)N1CCCC(Nc2c(Cl)cc(F)cc2Br)C1. The lowest BCUT2D eigenvalue weighted by Crippen LogP contribution is -2.47. The van der Waals surface area contributed by atoms with Gasteiger partial charge in [-0.1, -0.05) is 11.6 Å². The summed E-state index contributed by atoms with van der Waals surface area (Å²) in [7, 11) is 0. The molecule has 1 aliphatic rings. The van der Waals surface area contributed by atoms with Gasteiger partial charge in [0.25, 0.3) is 0 Å². The first-order valence-electron chi connectivity index (χ1n) is 7.55. The Morgan fingerprint density at radius 3 is 2.78 bits per heavy atom. The van der Waals surface area contributed by atoms with Gasteiger partial charge in [-0.15, -0.1) is 0 Å². The van der Waals surface area contributed by atoms with E-state index < -0.39 is 11.4 Å². The van der Waals surface area contributed by atoms with Gasteiger partial charge in [0.1, 0.15) is 11.4 Å². The van der Waals surface area contributed by atoms with E-state index >= 15 is 0 Å². The average molecular weight is 408 g/mol. The molecule has 4 nitrogen and oxygen atoms in total. The normalized spacial score (nSPS) is 18.7. The van der Waals surface area contributed by atoms with E-state index in [1.54, 1.807) is 4.90 Å². The van der Waals surface area contributed by atoms with Gasteiger partial charge in [0.15, 0.2) is 0 Å². The maximum absolute atomic E-state index is 13.3. The van der Waals surface area contributed by atoms with E-state index in [0.29, 0.717) is 28.3 Å². The van der Waals surface area contributed by atoms with Crippen molar-refractivity contribution < 1.29 is 13.9 Å². The smallest absolute Gasteiger partial charge is 0.410 e. The van der Waals surface area contributed by atoms with Crippen molar-refractivity contribution in [2.24, 2.45) is 0 Å². The van der Waals surface area contributed by atoms with Crippen LogP contribution in [0.4, 0.5) is 14.9 Å². The number of carbonyl (C=O) groups is 1. The summed E-state index contributed by atoms with van der Waals surface area (Å²) in [6.45, 7) is 6.74. The Morgan fingerprint density at radius 2 is 2.17 bits per heavy atom. The van der Waals surface area contributed by atoms with Gasteiger partial charge >= 0.3 is 6.09 Å². The number of benzene rings is 1. The van der Waals surface area contributed by atoms with Gasteiger partial charge in [-0.25, -0.2) is 9.18 Å². The molecule has 0 spiro atoms. The van der Waals surface area contributed by atoms with Crippen molar-refractivity contribution >= 4 is 39.3 Å². The van der Waals surface area contributed by atoms with Crippen LogP contribution in [-0.2, 0) is 4.74 Å². The van der Waals surface area contributed by atoms with Gasteiger partial charge in [-0.3, -0.25) is 0 Å². The zero-order chi connectivity index (χ0) is 17.2. The lowest BCUT2D eigenvalue weighted by atomic mass is 10.1. The molecule has 1 unspecified atom stereocenters. The van der Waals surface area contributed by atoms with Crippen molar-refractivity contribution in [1.82, 2.24) is 4.90 Å². The third-order valence-corrected chi connectivity index (χ3v) is 4.35. The molecule has 0 aliphatic carbocycles. The maximum atomic E-state index is 13.3. The molecule has 1 aliphatic heterocycles. The Bertz CT molecular complexity index is 569. The molecule has 1 atom stereocenters. The van der Waals surface area contributed by atoms with Gasteiger partial charge in [0.05, 0.1) is 10.7 Å². The number of halogens is 3. The van der Waals surface area contributed by atoms with E-state index in [4.69, 9.17) is 16.3 Å². The fourth-order valence-electron chi connectivity index (χ4n) is 2.47. The van der Waals surface area contributed by atoms with Crippen LogP contribution in [0.15, 0.2) is 16.6 Å². The van der Waals surface area contributed by atoms with E-state index in [9.17, 15) is 9.18 Å². The molecule has 1 fully saturated rings. The number of amides is 1. The van der Waals surface area contributed by atoms with Crippen LogP contribution in [0.2, 0.25) is 5.02 Å². The third kappa shape index (κ3) is 5.24. The van der Waals surface area contributed by atoms with Crippen LogP contribution in [0, 0.1) is 5.82 Å². The lowest BCUT2D eigenvalue weighted by Gasteiger charge is -2.35. The van der Waals surface area contributed by atoms with Crippen molar-refractivity contribution in [2.45, 2.75) is 45.3 Å². The van der Waals surface area contributed by atoms with Gasteiger partial charge in [0, 0.05) is 23.6 Å². The van der Waals surface area contributed by atoms with Crippen molar-refractivity contribution in [3.05, 3.63) is 27.4 Å². The molecular formula is C16H21BrClFN2O2. The number of carbonyl (C=O) groups excluding carboxylic acids is 1. The molecule has 2 rings (SSSR count). The molecular weight excluding hydrogens is 387 g/mol. The Kier molecular flexibility index (Phi) is 5.79. The number of nitrogens with zero attached hydrogens (tertiary/aromatic N) is 1. The first-order valence-corrected chi connectivity index (χ1v) is 8.72. The van der Waals surface area contributed by atoms with Crippen molar-refractivity contribution in [3.63, 3.8) is 0 Å². The molecule has 7 heteroatoms. The standard InChI is InChI=1S/C16H21BrClFN2O2/c1-16(2,3)23-15(22)21-6-4-5-11(9-21)20-14-12(17)7-10(19)8-13(14)18/h7-8,11,20H,4-6,9H2,1-3H3. The molecule has 0 saturated carbocycles. The predicted molar refractivity (Wildman–Crippen MR) is 93.6 cm³/mol. The number of hydrogen-bond donors (Lipinski definition) is 1. The number of likely N-dealkylation sites (tertiary alicyclic amines) is 1.